The lowest BCUT2D eigenvalue weighted by Gasteiger charge is -2.19. The van der Waals surface area contributed by atoms with Gasteiger partial charge in [-0.3, -0.25) is 4.79 Å². The number of thioether (sulfide) groups is 1. The molecule has 0 fully saturated rings. The summed E-state index contributed by atoms with van der Waals surface area (Å²) in [5.74, 6) is -0.424. The number of hydrogen-bond acceptors (Lipinski definition) is 5. The molecule has 0 aliphatic heterocycles. The highest BCUT2D eigenvalue weighted by Gasteiger charge is 2.14. The van der Waals surface area contributed by atoms with Crippen LogP contribution in [0, 0.1) is 0 Å². The molecular weight excluding hydrogens is 290 g/mol. The minimum atomic E-state index is -0.821. The molecule has 0 saturated carbocycles. The molecule has 1 N–H and O–H groups in total. The van der Waals surface area contributed by atoms with E-state index in [0.717, 1.165) is 30.5 Å². The Bertz CT molecular complexity index is 449. The molecule has 1 aromatic rings. The van der Waals surface area contributed by atoms with Gasteiger partial charge in [0.05, 0.1) is 12.4 Å². The van der Waals surface area contributed by atoms with Gasteiger partial charge in [0, 0.05) is 38.6 Å². The molecule has 0 bridgehead atoms. The number of carboxylic acids is 1. The summed E-state index contributed by atoms with van der Waals surface area (Å²) in [4.78, 5) is 17.3. The molecule has 0 aliphatic rings. The highest BCUT2D eigenvalue weighted by Crippen LogP contribution is 2.23. The maximum absolute atomic E-state index is 10.7. The van der Waals surface area contributed by atoms with Crippen molar-refractivity contribution >= 4 is 17.7 Å². The second kappa shape index (κ2) is 9.07. The van der Waals surface area contributed by atoms with E-state index < -0.39 is 5.97 Å². The van der Waals surface area contributed by atoms with Crippen molar-refractivity contribution in [2.75, 3.05) is 39.6 Å². The number of aliphatic carboxylic acids is 1. The van der Waals surface area contributed by atoms with Crippen LogP contribution < -0.4 is 0 Å². The zero-order valence-electron chi connectivity index (χ0n) is 13.2. The first-order valence-electron chi connectivity index (χ1n) is 7.03. The van der Waals surface area contributed by atoms with Gasteiger partial charge in [0.15, 0.2) is 5.16 Å². The quantitative estimate of drug-likeness (QED) is 0.664. The molecule has 1 aromatic heterocycles. The smallest absolute Gasteiger partial charge is 0.313 e. The van der Waals surface area contributed by atoms with Crippen LogP contribution in [0.3, 0.4) is 0 Å². The van der Waals surface area contributed by atoms with Gasteiger partial charge in [0.1, 0.15) is 0 Å². The van der Waals surface area contributed by atoms with Gasteiger partial charge in [-0.2, -0.15) is 0 Å². The topological polar surface area (TPSA) is 67.6 Å². The van der Waals surface area contributed by atoms with Crippen molar-refractivity contribution in [1.29, 1.82) is 0 Å². The Hall–Kier alpha value is -1.05. The standard InChI is InChI=1S/C14H25N3O3S/c1-11(2)12-9-15-14(21-10-13(18)19)17(12)6-5-16(3)7-8-20-4/h9,11H,5-8,10H2,1-4H3,(H,18,19). The van der Waals surface area contributed by atoms with Gasteiger partial charge < -0.3 is 19.3 Å². The Kier molecular flexibility index (Phi) is 7.77. The third-order valence-corrected chi connectivity index (χ3v) is 4.12. The first kappa shape index (κ1) is 18.0. The highest BCUT2D eigenvalue weighted by molar-refractivity contribution is 7.99. The molecule has 0 amide bonds. The van der Waals surface area contributed by atoms with E-state index in [1.165, 1.54) is 11.8 Å². The van der Waals surface area contributed by atoms with Gasteiger partial charge in [-0.1, -0.05) is 25.6 Å². The number of nitrogens with zero attached hydrogens (tertiary/aromatic N) is 3. The van der Waals surface area contributed by atoms with Crippen molar-refractivity contribution in [3.05, 3.63) is 11.9 Å². The average Bonchev–Trinajstić information content (AvgIpc) is 2.83. The number of ether oxygens (including phenoxy) is 1. The Morgan fingerprint density at radius 1 is 1.52 bits per heavy atom. The normalized spacial score (nSPS) is 11.5. The molecule has 0 spiro atoms. The van der Waals surface area contributed by atoms with Crippen LogP contribution >= 0.6 is 11.8 Å². The van der Waals surface area contributed by atoms with Crippen molar-refractivity contribution in [2.24, 2.45) is 0 Å². The molecule has 0 radical (unpaired) electrons. The summed E-state index contributed by atoms with van der Waals surface area (Å²) in [7, 11) is 3.75. The summed E-state index contributed by atoms with van der Waals surface area (Å²) in [5.41, 5.74) is 1.14. The summed E-state index contributed by atoms with van der Waals surface area (Å²) in [6.07, 6.45) is 1.85. The van der Waals surface area contributed by atoms with E-state index in [1.54, 1.807) is 7.11 Å². The molecule has 6 nitrogen and oxygen atoms in total. The van der Waals surface area contributed by atoms with Crippen molar-refractivity contribution in [1.82, 2.24) is 14.5 Å². The molecule has 0 saturated heterocycles. The van der Waals surface area contributed by atoms with E-state index in [0.29, 0.717) is 12.5 Å². The average molecular weight is 315 g/mol. The summed E-state index contributed by atoms with van der Waals surface area (Å²) >= 11 is 1.27. The zero-order valence-corrected chi connectivity index (χ0v) is 14.0. The van der Waals surface area contributed by atoms with Crippen LogP contribution in [-0.4, -0.2) is 65.1 Å². The van der Waals surface area contributed by atoms with Crippen LogP contribution in [0.5, 0.6) is 0 Å². The number of carboxylic acid groups (broad SMARTS) is 1. The number of carbonyl (C=O) groups is 1. The minimum Gasteiger partial charge on any atom is -0.481 e. The largest absolute Gasteiger partial charge is 0.481 e. The molecule has 0 unspecified atom stereocenters. The van der Waals surface area contributed by atoms with E-state index in [-0.39, 0.29) is 5.75 Å². The van der Waals surface area contributed by atoms with Crippen LogP contribution in [0.1, 0.15) is 25.5 Å². The van der Waals surface area contributed by atoms with E-state index >= 15 is 0 Å². The van der Waals surface area contributed by atoms with Crippen LogP contribution in [0.25, 0.3) is 0 Å². The summed E-state index contributed by atoms with van der Waals surface area (Å²) < 4.78 is 7.20. The third kappa shape index (κ3) is 6.07. The van der Waals surface area contributed by atoms with E-state index in [2.05, 4.69) is 35.3 Å². The first-order valence-corrected chi connectivity index (χ1v) is 8.01. The molecule has 21 heavy (non-hydrogen) atoms. The van der Waals surface area contributed by atoms with Crippen molar-refractivity contribution in [3.8, 4) is 0 Å². The third-order valence-electron chi connectivity index (χ3n) is 3.15. The van der Waals surface area contributed by atoms with E-state index in [1.807, 2.05) is 6.20 Å². The number of aromatic nitrogens is 2. The molecule has 1 rings (SSSR count). The molecule has 0 aromatic carbocycles. The molecule has 7 heteroatoms. The van der Waals surface area contributed by atoms with Crippen molar-refractivity contribution < 1.29 is 14.6 Å². The summed E-state index contributed by atoms with van der Waals surface area (Å²) in [6, 6.07) is 0. The van der Waals surface area contributed by atoms with Crippen LogP contribution in [-0.2, 0) is 16.1 Å². The van der Waals surface area contributed by atoms with E-state index in [4.69, 9.17) is 9.84 Å². The van der Waals surface area contributed by atoms with Gasteiger partial charge >= 0.3 is 5.97 Å². The van der Waals surface area contributed by atoms with Gasteiger partial charge in [0.2, 0.25) is 0 Å². The lowest BCUT2D eigenvalue weighted by Crippen LogP contribution is -2.27. The molecule has 0 atom stereocenters. The Morgan fingerprint density at radius 2 is 2.24 bits per heavy atom. The van der Waals surface area contributed by atoms with E-state index in [9.17, 15) is 4.79 Å². The molecule has 120 valence electrons. The second-order valence-corrected chi connectivity index (χ2v) is 6.19. The minimum absolute atomic E-state index is 0.0358. The van der Waals surface area contributed by atoms with Crippen molar-refractivity contribution in [2.45, 2.75) is 31.5 Å². The lowest BCUT2D eigenvalue weighted by atomic mass is 10.1. The van der Waals surface area contributed by atoms with Crippen LogP contribution in [0.4, 0.5) is 0 Å². The predicted octanol–water partition coefficient (Wildman–Crippen LogP) is 1.76. The van der Waals surface area contributed by atoms with Crippen LogP contribution in [0.2, 0.25) is 0 Å². The second-order valence-electron chi connectivity index (χ2n) is 5.25. The predicted molar refractivity (Wildman–Crippen MR) is 84.0 cm³/mol. The van der Waals surface area contributed by atoms with Gasteiger partial charge in [0.25, 0.3) is 0 Å². The van der Waals surface area contributed by atoms with Gasteiger partial charge in [-0.05, 0) is 13.0 Å². The fourth-order valence-electron chi connectivity index (χ4n) is 1.93. The first-order chi connectivity index (χ1) is 9.95. The highest BCUT2D eigenvalue weighted by atomic mass is 32.2. The maximum atomic E-state index is 10.7. The fraction of sp³-hybridized carbons (Fsp3) is 0.714. The monoisotopic (exact) mass is 315 g/mol. The number of rotatable bonds is 10. The number of hydrogen-bond donors (Lipinski definition) is 1. The summed E-state index contributed by atoms with van der Waals surface area (Å²) in [5, 5.41) is 9.60. The number of methoxy groups -OCH3 is 1. The lowest BCUT2D eigenvalue weighted by molar-refractivity contribution is -0.133. The van der Waals surface area contributed by atoms with Crippen molar-refractivity contribution in [3.63, 3.8) is 0 Å². The Labute approximate surface area is 130 Å². The Morgan fingerprint density at radius 3 is 2.81 bits per heavy atom. The summed E-state index contributed by atoms with van der Waals surface area (Å²) in [6.45, 7) is 7.50. The maximum Gasteiger partial charge on any atom is 0.313 e. The van der Waals surface area contributed by atoms with Gasteiger partial charge in [-0.15, -0.1) is 0 Å². The fourth-order valence-corrected chi connectivity index (χ4v) is 2.66. The number of likely N-dealkylation sites (N-methyl/N-ethyl adjacent to an activating group) is 1. The molecular formula is C14H25N3O3S. The SMILES string of the molecule is COCCN(C)CCn1c(C(C)C)cnc1SCC(=O)O. The zero-order chi connectivity index (χ0) is 15.8. The van der Waals surface area contributed by atoms with Crippen LogP contribution in [0.15, 0.2) is 11.4 Å². The molecule has 1 heterocycles. The van der Waals surface area contributed by atoms with Gasteiger partial charge in [-0.25, -0.2) is 4.98 Å². The number of imidazole rings is 1. The Balaban J connectivity index is 2.71. The molecule has 0 aliphatic carbocycles.